The molecule has 2 aromatic heterocycles. The summed E-state index contributed by atoms with van der Waals surface area (Å²) in [4.78, 5) is 28.2. The molecule has 0 aliphatic rings. The second-order valence-electron chi connectivity index (χ2n) is 4.71. The fourth-order valence-corrected chi connectivity index (χ4v) is 4.01. The largest absolute Gasteiger partial charge is 0.369 e. The van der Waals surface area contributed by atoms with Gasteiger partial charge in [0.1, 0.15) is 0 Å². The van der Waals surface area contributed by atoms with Gasteiger partial charge < -0.3 is 10.3 Å². The van der Waals surface area contributed by atoms with E-state index in [2.05, 4.69) is 15.5 Å². The molecule has 118 valence electrons. The molecule has 0 saturated heterocycles. The maximum atomic E-state index is 12.1. The quantitative estimate of drug-likeness (QED) is 0.777. The number of thioether (sulfide) groups is 1. The monoisotopic (exact) mass is 340 g/mol. The number of amides is 2. The van der Waals surface area contributed by atoms with Crippen molar-refractivity contribution in [2.24, 2.45) is 5.73 Å². The average molecular weight is 340 g/mol. The van der Waals surface area contributed by atoms with Crippen molar-refractivity contribution in [2.45, 2.75) is 36.8 Å². The number of nitrogens with two attached hydrogens (primary N) is 1. The van der Waals surface area contributed by atoms with Crippen molar-refractivity contribution in [3.63, 3.8) is 0 Å². The maximum Gasteiger partial charge on any atom is 0.240 e. The number of nitrogens with zero attached hydrogens (tertiary/aromatic N) is 2. The summed E-state index contributed by atoms with van der Waals surface area (Å²) in [6.07, 6.45) is 0.169. The summed E-state index contributed by atoms with van der Waals surface area (Å²) in [6.45, 7) is 5.37. The van der Waals surface area contributed by atoms with Gasteiger partial charge in [0.25, 0.3) is 0 Å². The Kier molecular flexibility index (Phi) is 5.19. The molecule has 1 unspecified atom stereocenters. The van der Waals surface area contributed by atoms with Crippen LogP contribution >= 0.6 is 23.1 Å². The molecule has 3 N–H and O–H groups in total. The molecule has 2 aromatic rings. The van der Waals surface area contributed by atoms with E-state index in [4.69, 9.17) is 10.3 Å². The smallest absolute Gasteiger partial charge is 0.240 e. The van der Waals surface area contributed by atoms with Gasteiger partial charge in [-0.15, -0.1) is 11.3 Å². The number of aryl methyl sites for hydroxylation is 2. The molecular formula is C13H16N4O3S2. The Bertz CT molecular complexity index is 695. The van der Waals surface area contributed by atoms with E-state index in [9.17, 15) is 9.59 Å². The first-order valence-electron chi connectivity index (χ1n) is 6.50. The number of carbonyl (C=O) groups excluding carboxylic acids is 2. The van der Waals surface area contributed by atoms with E-state index < -0.39 is 5.91 Å². The molecule has 2 heterocycles. The number of nitrogens with one attached hydrogen (secondary N) is 1. The number of primary amides is 1. The van der Waals surface area contributed by atoms with Crippen molar-refractivity contribution >= 4 is 40.8 Å². The number of carbonyl (C=O) groups is 2. The van der Waals surface area contributed by atoms with Crippen LogP contribution in [0.3, 0.4) is 0 Å². The highest BCUT2D eigenvalue weighted by atomic mass is 32.2. The number of rotatable bonds is 6. The van der Waals surface area contributed by atoms with E-state index in [1.54, 1.807) is 19.9 Å². The summed E-state index contributed by atoms with van der Waals surface area (Å²) in [5.41, 5.74) is 6.66. The van der Waals surface area contributed by atoms with E-state index in [0.717, 1.165) is 14.9 Å². The number of anilines is 1. The molecule has 2 rings (SSSR count). The highest BCUT2D eigenvalue weighted by molar-refractivity contribution is 8.02. The predicted molar refractivity (Wildman–Crippen MR) is 84.9 cm³/mol. The van der Waals surface area contributed by atoms with Crippen molar-refractivity contribution < 1.29 is 14.1 Å². The molecule has 0 aliphatic heterocycles. The Morgan fingerprint density at radius 3 is 2.82 bits per heavy atom. The third-order valence-corrected chi connectivity index (χ3v) is 5.08. The Morgan fingerprint density at radius 1 is 1.50 bits per heavy atom. The Labute approximate surface area is 135 Å². The minimum atomic E-state index is -0.394. The number of hydrogen-bond donors (Lipinski definition) is 2. The minimum absolute atomic E-state index is 0.169. The van der Waals surface area contributed by atoms with Gasteiger partial charge in [0.15, 0.2) is 4.34 Å². The van der Waals surface area contributed by atoms with Crippen molar-refractivity contribution in [1.29, 1.82) is 0 Å². The lowest BCUT2D eigenvalue weighted by Crippen LogP contribution is -2.22. The lowest BCUT2D eigenvalue weighted by Gasteiger charge is -2.07. The van der Waals surface area contributed by atoms with Crippen molar-refractivity contribution in [1.82, 2.24) is 10.1 Å². The summed E-state index contributed by atoms with van der Waals surface area (Å²) in [6, 6.07) is 1.65. The van der Waals surface area contributed by atoms with Gasteiger partial charge in [-0.2, -0.15) is 0 Å². The fourth-order valence-electron chi connectivity index (χ4n) is 1.62. The Balaban J connectivity index is 1.97. The van der Waals surface area contributed by atoms with Gasteiger partial charge in [-0.3, -0.25) is 14.9 Å². The van der Waals surface area contributed by atoms with Crippen LogP contribution in [0.15, 0.2) is 14.9 Å². The highest BCUT2D eigenvalue weighted by Crippen LogP contribution is 2.31. The summed E-state index contributed by atoms with van der Waals surface area (Å²) in [7, 11) is 0. The third-order valence-electron chi connectivity index (χ3n) is 2.73. The van der Waals surface area contributed by atoms with E-state index >= 15 is 0 Å². The van der Waals surface area contributed by atoms with E-state index in [1.807, 2.05) is 6.92 Å². The zero-order valence-electron chi connectivity index (χ0n) is 12.4. The topological polar surface area (TPSA) is 111 Å². The Morgan fingerprint density at radius 2 is 2.23 bits per heavy atom. The van der Waals surface area contributed by atoms with Crippen LogP contribution in [0, 0.1) is 13.8 Å². The standard InChI is InChI=1S/C13H16N4O3S2/c1-6-4-11(20-17-6)16-12(19)8(3)21-13-15-7(2)9(22-13)5-10(14)18/h4,8H,5H2,1-3H3,(H2,14,18)(H,16,19). The average Bonchev–Trinajstić information content (AvgIpc) is 2.96. The summed E-state index contributed by atoms with van der Waals surface area (Å²) < 4.78 is 5.67. The fraction of sp³-hybridized carbons (Fsp3) is 0.385. The van der Waals surface area contributed by atoms with Gasteiger partial charge in [0.05, 0.1) is 23.1 Å². The molecule has 0 spiro atoms. The van der Waals surface area contributed by atoms with Crippen molar-refractivity contribution in [3.8, 4) is 0 Å². The molecule has 9 heteroatoms. The van der Waals surface area contributed by atoms with Crippen LogP contribution in [-0.4, -0.2) is 27.2 Å². The van der Waals surface area contributed by atoms with Crippen LogP contribution in [0.5, 0.6) is 0 Å². The first kappa shape index (κ1) is 16.5. The first-order valence-corrected chi connectivity index (χ1v) is 8.20. The van der Waals surface area contributed by atoms with Gasteiger partial charge in [-0.1, -0.05) is 16.9 Å². The summed E-state index contributed by atoms with van der Waals surface area (Å²) in [5, 5.41) is 5.99. The molecule has 22 heavy (non-hydrogen) atoms. The van der Waals surface area contributed by atoms with Gasteiger partial charge in [0, 0.05) is 10.9 Å². The highest BCUT2D eigenvalue weighted by Gasteiger charge is 2.19. The molecule has 7 nitrogen and oxygen atoms in total. The van der Waals surface area contributed by atoms with Gasteiger partial charge in [-0.25, -0.2) is 4.98 Å². The normalized spacial score (nSPS) is 12.1. The van der Waals surface area contributed by atoms with Gasteiger partial charge in [-0.05, 0) is 20.8 Å². The molecule has 2 amide bonds. The molecule has 0 aliphatic carbocycles. The van der Waals surface area contributed by atoms with Crippen LogP contribution in [0.2, 0.25) is 0 Å². The third kappa shape index (κ3) is 4.31. The zero-order valence-corrected chi connectivity index (χ0v) is 14.0. The molecule has 0 saturated carbocycles. The zero-order chi connectivity index (χ0) is 16.3. The van der Waals surface area contributed by atoms with Gasteiger partial charge in [0.2, 0.25) is 17.7 Å². The minimum Gasteiger partial charge on any atom is -0.369 e. The first-order chi connectivity index (χ1) is 10.3. The molecule has 1 atom stereocenters. The van der Waals surface area contributed by atoms with Crippen molar-refractivity contribution in [2.75, 3.05) is 5.32 Å². The molecular weight excluding hydrogens is 324 g/mol. The summed E-state index contributed by atoms with van der Waals surface area (Å²) >= 11 is 2.70. The molecule has 0 bridgehead atoms. The second kappa shape index (κ2) is 6.93. The van der Waals surface area contributed by atoms with E-state index in [0.29, 0.717) is 11.6 Å². The van der Waals surface area contributed by atoms with E-state index in [-0.39, 0.29) is 17.6 Å². The molecule has 0 fully saturated rings. The lowest BCUT2D eigenvalue weighted by atomic mass is 10.3. The Hall–Kier alpha value is -1.87. The predicted octanol–water partition coefficient (Wildman–Crippen LogP) is 1.90. The van der Waals surface area contributed by atoms with E-state index in [1.165, 1.54) is 23.1 Å². The molecule has 0 radical (unpaired) electrons. The van der Waals surface area contributed by atoms with Crippen LogP contribution in [0.4, 0.5) is 5.88 Å². The summed E-state index contributed by atoms with van der Waals surface area (Å²) in [5.74, 6) is -0.278. The van der Waals surface area contributed by atoms with Crippen molar-refractivity contribution in [3.05, 3.63) is 22.3 Å². The number of thiazole rings is 1. The lowest BCUT2D eigenvalue weighted by molar-refractivity contribution is -0.117. The number of aromatic nitrogens is 2. The van der Waals surface area contributed by atoms with Crippen LogP contribution in [0.25, 0.3) is 0 Å². The molecule has 0 aromatic carbocycles. The van der Waals surface area contributed by atoms with Gasteiger partial charge >= 0.3 is 0 Å². The SMILES string of the molecule is Cc1cc(NC(=O)C(C)Sc2nc(C)c(CC(N)=O)s2)on1. The van der Waals surface area contributed by atoms with Crippen LogP contribution < -0.4 is 11.1 Å². The second-order valence-corrected chi connectivity index (χ2v) is 7.38. The number of hydrogen-bond acceptors (Lipinski definition) is 7. The van der Waals surface area contributed by atoms with Crippen LogP contribution in [0.1, 0.15) is 23.2 Å². The maximum absolute atomic E-state index is 12.1. The van der Waals surface area contributed by atoms with Crippen LogP contribution in [-0.2, 0) is 16.0 Å².